The van der Waals surface area contributed by atoms with Crippen LogP contribution in [0.2, 0.25) is 0 Å². The molecule has 0 radical (unpaired) electrons. The molecule has 0 bridgehead atoms. The van der Waals surface area contributed by atoms with Crippen molar-refractivity contribution in [3.63, 3.8) is 0 Å². The van der Waals surface area contributed by atoms with Gasteiger partial charge in [-0.05, 0) is 31.6 Å². The van der Waals surface area contributed by atoms with E-state index < -0.39 is 0 Å². The predicted molar refractivity (Wildman–Crippen MR) is 87.4 cm³/mol. The number of hydrogen-bond donors (Lipinski definition) is 1. The van der Waals surface area contributed by atoms with Crippen LogP contribution in [0.5, 0.6) is 0 Å². The minimum Gasteiger partial charge on any atom is -0.368 e. The number of anilines is 1. The third-order valence-corrected chi connectivity index (χ3v) is 3.69. The number of nitrogens with one attached hydrogen (secondary N) is 1. The van der Waals surface area contributed by atoms with E-state index in [2.05, 4.69) is 64.4 Å². The Hall–Kier alpha value is -1.94. The number of aryl methyl sites for hydroxylation is 1. The lowest BCUT2D eigenvalue weighted by Crippen LogP contribution is -2.33. The molecule has 1 N–H and O–H groups in total. The minimum absolute atomic E-state index is 0.344. The zero-order valence-electron chi connectivity index (χ0n) is 13.1. The molecule has 1 atom stereocenters. The van der Waals surface area contributed by atoms with Crippen molar-refractivity contribution < 1.29 is 0 Å². The molecule has 0 spiro atoms. The first kappa shape index (κ1) is 15.4. The van der Waals surface area contributed by atoms with E-state index in [1.165, 1.54) is 5.56 Å². The molecule has 1 aromatic carbocycles. The molecule has 21 heavy (non-hydrogen) atoms. The van der Waals surface area contributed by atoms with Crippen LogP contribution in [0.15, 0.2) is 42.6 Å². The first-order chi connectivity index (χ1) is 10.2. The van der Waals surface area contributed by atoms with Crippen LogP contribution in [0, 0.1) is 6.92 Å². The third-order valence-electron chi connectivity index (χ3n) is 3.69. The summed E-state index contributed by atoms with van der Waals surface area (Å²) in [7, 11) is 0. The maximum atomic E-state index is 4.41. The van der Waals surface area contributed by atoms with E-state index in [-0.39, 0.29) is 0 Å². The lowest BCUT2D eigenvalue weighted by molar-refractivity contribution is 0.228. The fourth-order valence-electron chi connectivity index (χ4n) is 2.55. The van der Waals surface area contributed by atoms with Crippen molar-refractivity contribution in [2.45, 2.75) is 26.8 Å². The fourth-order valence-corrected chi connectivity index (χ4v) is 2.55. The summed E-state index contributed by atoms with van der Waals surface area (Å²) in [5.74, 6) is 1.68. The first-order valence-electron chi connectivity index (χ1n) is 7.57. The van der Waals surface area contributed by atoms with Crippen molar-refractivity contribution in [2.24, 2.45) is 0 Å². The Labute approximate surface area is 127 Å². The van der Waals surface area contributed by atoms with Crippen LogP contribution < -0.4 is 5.32 Å². The van der Waals surface area contributed by atoms with Crippen molar-refractivity contribution in [3.05, 3.63) is 54.0 Å². The molecule has 1 aromatic heterocycles. The van der Waals surface area contributed by atoms with E-state index in [4.69, 9.17) is 0 Å². The molecular formula is C17H24N4. The van der Waals surface area contributed by atoms with Gasteiger partial charge in [-0.2, -0.15) is 0 Å². The zero-order valence-corrected chi connectivity index (χ0v) is 13.1. The second kappa shape index (κ2) is 7.74. The largest absolute Gasteiger partial charge is 0.368 e. The normalized spacial score (nSPS) is 12.4. The van der Waals surface area contributed by atoms with Crippen molar-refractivity contribution in [2.75, 3.05) is 25.0 Å². The van der Waals surface area contributed by atoms with E-state index in [1.54, 1.807) is 6.20 Å². The highest BCUT2D eigenvalue weighted by Crippen LogP contribution is 2.20. The molecule has 0 aliphatic heterocycles. The SMILES string of the molecule is CCN(CC)C(CNc1ccnc(C)n1)c1ccccc1. The van der Waals surface area contributed by atoms with Crippen LogP contribution in [0.1, 0.15) is 31.3 Å². The van der Waals surface area contributed by atoms with Crippen LogP contribution in [-0.2, 0) is 0 Å². The van der Waals surface area contributed by atoms with Crippen molar-refractivity contribution in [1.29, 1.82) is 0 Å². The average Bonchev–Trinajstić information content (AvgIpc) is 2.52. The van der Waals surface area contributed by atoms with Gasteiger partial charge in [0.1, 0.15) is 11.6 Å². The van der Waals surface area contributed by atoms with Gasteiger partial charge in [0.25, 0.3) is 0 Å². The van der Waals surface area contributed by atoms with E-state index in [9.17, 15) is 0 Å². The molecule has 1 heterocycles. The second-order valence-electron chi connectivity index (χ2n) is 5.02. The molecule has 2 aromatic rings. The summed E-state index contributed by atoms with van der Waals surface area (Å²) in [6.07, 6.45) is 1.79. The molecule has 4 nitrogen and oxygen atoms in total. The van der Waals surface area contributed by atoms with Gasteiger partial charge in [0.15, 0.2) is 0 Å². The quantitative estimate of drug-likeness (QED) is 0.847. The molecule has 0 aliphatic carbocycles. The van der Waals surface area contributed by atoms with Gasteiger partial charge < -0.3 is 5.32 Å². The molecule has 0 amide bonds. The van der Waals surface area contributed by atoms with E-state index in [1.807, 2.05) is 13.0 Å². The van der Waals surface area contributed by atoms with Gasteiger partial charge in [0, 0.05) is 12.7 Å². The summed E-state index contributed by atoms with van der Waals surface area (Å²) in [5, 5.41) is 3.44. The van der Waals surface area contributed by atoms with Gasteiger partial charge in [0.05, 0.1) is 6.04 Å². The standard InChI is InChI=1S/C17H24N4/c1-4-21(5-2)16(15-9-7-6-8-10-15)13-19-17-11-12-18-14(3)20-17/h6-12,16H,4-5,13H2,1-3H3,(H,18,19,20). The van der Waals surface area contributed by atoms with Gasteiger partial charge in [-0.1, -0.05) is 44.2 Å². The maximum Gasteiger partial charge on any atom is 0.129 e. The van der Waals surface area contributed by atoms with Crippen molar-refractivity contribution >= 4 is 5.82 Å². The highest BCUT2D eigenvalue weighted by Gasteiger charge is 2.17. The summed E-state index contributed by atoms with van der Waals surface area (Å²) >= 11 is 0. The van der Waals surface area contributed by atoms with Crippen LogP contribution in [-0.4, -0.2) is 34.5 Å². The Morgan fingerprint density at radius 2 is 1.81 bits per heavy atom. The number of aromatic nitrogens is 2. The molecule has 0 saturated heterocycles. The minimum atomic E-state index is 0.344. The average molecular weight is 284 g/mol. The Balaban J connectivity index is 2.13. The monoisotopic (exact) mass is 284 g/mol. The van der Waals surface area contributed by atoms with Crippen molar-refractivity contribution in [1.82, 2.24) is 14.9 Å². The second-order valence-corrected chi connectivity index (χ2v) is 5.02. The molecule has 0 aliphatic rings. The highest BCUT2D eigenvalue weighted by molar-refractivity contribution is 5.34. The molecule has 1 unspecified atom stereocenters. The number of hydrogen-bond acceptors (Lipinski definition) is 4. The summed E-state index contributed by atoms with van der Waals surface area (Å²) in [4.78, 5) is 11.0. The molecule has 2 rings (SSSR count). The van der Waals surface area contributed by atoms with E-state index in [0.717, 1.165) is 31.3 Å². The van der Waals surface area contributed by atoms with Gasteiger partial charge in [-0.15, -0.1) is 0 Å². The van der Waals surface area contributed by atoms with Crippen molar-refractivity contribution in [3.8, 4) is 0 Å². The molecular weight excluding hydrogens is 260 g/mol. The maximum absolute atomic E-state index is 4.41. The van der Waals surface area contributed by atoms with E-state index >= 15 is 0 Å². The van der Waals surface area contributed by atoms with Crippen LogP contribution >= 0.6 is 0 Å². The lowest BCUT2D eigenvalue weighted by atomic mass is 10.1. The third kappa shape index (κ3) is 4.26. The summed E-state index contributed by atoms with van der Waals surface area (Å²) in [6.45, 7) is 9.20. The molecule has 0 saturated carbocycles. The van der Waals surface area contributed by atoms with Gasteiger partial charge in [-0.3, -0.25) is 4.90 Å². The van der Waals surface area contributed by atoms with Crippen LogP contribution in [0.4, 0.5) is 5.82 Å². The predicted octanol–water partition coefficient (Wildman–Crippen LogP) is 3.28. The summed E-state index contributed by atoms with van der Waals surface area (Å²) in [6, 6.07) is 12.9. The highest BCUT2D eigenvalue weighted by atomic mass is 15.2. The topological polar surface area (TPSA) is 41.0 Å². The number of nitrogens with zero attached hydrogens (tertiary/aromatic N) is 3. The Morgan fingerprint density at radius 1 is 1.10 bits per heavy atom. The summed E-state index contributed by atoms with van der Waals surface area (Å²) < 4.78 is 0. The first-order valence-corrected chi connectivity index (χ1v) is 7.57. The molecule has 112 valence electrons. The Kier molecular flexibility index (Phi) is 5.69. The lowest BCUT2D eigenvalue weighted by Gasteiger charge is -2.30. The zero-order chi connectivity index (χ0) is 15.1. The fraction of sp³-hybridized carbons (Fsp3) is 0.412. The smallest absolute Gasteiger partial charge is 0.129 e. The van der Waals surface area contributed by atoms with E-state index in [0.29, 0.717) is 6.04 Å². The molecule has 0 fully saturated rings. The summed E-state index contributed by atoms with van der Waals surface area (Å²) in [5.41, 5.74) is 1.33. The number of rotatable bonds is 7. The Morgan fingerprint density at radius 3 is 2.43 bits per heavy atom. The number of likely N-dealkylation sites (N-methyl/N-ethyl adjacent to an activating group) is 1. The number of benzene rings is 1. The van der Waals surface area contributed by atoms with Gasteiger partial charge >= 0.3 is 0 Å². The van der Waals surface area contributed by atoms with Gasteiger partial charge in [-0.25, -0.2) is 9.97 Å². The molecule has 4 heteroatoms. The van der Waals surface area contributed by atoms with Crippen LogP contribution in [0.3, 0.4) is 0 Å². The van der Waals surface area contributed by atoms with Crippen LogP contribution in [0.25, 0.3) is 0 Å². The van der Waals surface area contributed by atoms with Gasteiger partial charge in [0.2, 0.25) is 0 Å². The Bertz CT molecular complexity index is 537.